The molecule has 0 aliphatic carbocycles. The summed E-state index contributed by atoms with van der Waals surface area (Å²) in [6.45, 7) is 0. The Hall–Kier alpha value is -0.0436. The van der Waals surface area contributed by atoms with E-state index in [1.54, 1.807) is 0 Å². The Morgan fingerprint density at radius 1 is 1.00 bits per heavy atom. The van der Waals surface area contributed by atoms with Gasteiger partial charge in [0.2, 0.25) is 0 Å². The number of fused-ring (bicyclic) bond motifs is 1. The van der Waals surface area contributed by atoms with Crippen LogP contribution in [0.2, 0.25) is 0 Å². The fraction of sp³-hybridized carbons (Fsp3) is 0. The van der Waals surface area contributed by atoms with E-state index in [4.69, 9.17) is 10.3 Å². The first kappa shape index (κ1) is 18.0. The minimum Gasteiger partial charge on any atom is -0.744 e. The van der Waals surface area contributed by atoms with Crippen molar-refractivity contribution in [3.05, 3.63) is 30.3 Å². The third-order valence-corrected chi connectivity index (χ3v) is 4.25. The summed E-state index contributed by atoms with van der Waals surface area (Å²) < 4.78 is 63.8. The van der Waals surface area contributed by atoms with E-state index < -0.39 is 30.0 Å². The molecule has 7 nitrogen and oxygen atoms in total. The van der Waals surface area contributed by atoms with Gasteiger partial charge in [0.05, 0.1) is 9.79 Å². The summed E-state index contributed by atoms with van der Waals surface area (Å²) in [5.74, 6) is 0. The molecule has 102 valence electrons. The van der Waals surface area contributed by atoms with E-state index in [9.17, 15) is 21.4 Å². The zero-order valence-electron chi connectivity index (χ0n) is 10.3. The Morgan fingerprint density at radius 3 is 2.10 bits per heavy atom. The summed E-state index contributed by atoms with van der Waals surface area (Å²) >= 11 is 0. The van der Waals surface area contributed by atoms with Gasteiger partial charge in [0.15, 0.2) is 0 Å². The third-order valence-electron chi connectivity index (χ3n) is 2.51. The molecule has 0 spiro atoms. The standard InChI is InChI=1S/C10H9NO6S2.K/c11-9-4-6-1-2-8(18(12,13)14)3-7(6)5-10(9)19(15,16)17;/h1-5H,11H2,(H,12,13,14)(H,15,16,17);/q;+1/p-1. The molecule has 0 atom stereocenters. The van der Waals surface area contributed by atoms with Gasteiger partial charge in [-0.2, -0.15) is 8.42 Å². The Balaban J connectivity index is 0.00000200. The molecule has 0 aliphatic rings. The van der Waals surface area contributed by atoms with E-state index in [0.717, 1.165) is 18.2 Å². The summed E-state index contributed by atoms with van der Waals surface area (Å²) in [6, 6.07) is 5.76. The molecule has 2 aromatic carbocycles. The van der Waals surface area contributed by atoms with Crippen molar-refractivity contribution in [2.24, 2.45) is 0 Å². The monoisotopic (exact) mass is 341 g/mol. The molecular formula is C10H8KNO6S2. The largest absolute Gasteiger partial charge is 1.00 e. The van der Waals surface area contributed by atoms with Crippen LogP contribution in [0.3, 0.4) is 0 Å². The molecular weight excluding hydrogens is 333 g/mol. The fourth-order valence-corrected chi connectivity index (χ4v) is 2.78. The first-order chi connectivity index (χ1) is 8.59. The van der Waals surface area contributed by atoms with Gasteiger partial charge < -0.3 is 10.3 Å². The van der Waals surface area contributed by atoms with Crippen LogP contribution in [0.5, 0.6) is 0 Å². The zero-order valence-corrected chi connectivity index (χ0v) is 15.0. The van der Waals surface area contributed by atoms with Gasteiger partial charge in [-0.15, -0.1) is 0 Å². The van der Waals surface area contributed by atoms with Gasteiger partial charge in [-0.3, -0.25) is 4.55 Å². The van der Waals surface area contributed by atoms with E-state index in [1.807, 2.05) is 0 Å². The van der Waals surface area contributed by atoms with Gasteiger partial charge in [0, 0.05) is 5.69 Å². The van der Waals surface area contributed by atoms with Gasteiger partial charge >= 0.3 is 51.4 Å². The van der Waals surface area contributed by atoms with Crippen molar-refractivity contribution in [3.8, 4) is 0 Å². The van der Waals surface area contributed by atoms with Crippen molar-refractivity contribution in [2.45, 2.75) is 9.79 Å². The van der Waals surface area contributed by atoms with E-state index in [2.05, 4.69) is 0 Å². The average Bonchev–Trinajstić information content (AvgIpc) is 2.24. The summed E-state index contributed by atoms with van der Waals surface area (Å²) in [7, 11) is -9.17. The summed E-state index contributed by atoms with van der Waals surface area (Å²) in [4.78, 5) is -1.04. The molecule has 0 aromatic heterocycles. The second kappa shape index (κ2) is 5.99. The summed E-state index contributed by atoms with van der Waals surface area (Å²) in [5.41, 5.74) is 5.23. The van der Waals surface area contributed by atoms with Crippen LogP contribution < -0.4 is 57.1 Å². The first-order valence-corrected chi connectivity index (χ1v) is 7.70. The average molecular weight is 341 g/mol. The van der Waals surface area contributed by atoms with E-state index in [1.165, 1.54) is 12.1 Å². The Labute approximate surface area is 158 Å². The molecule has 3 N–H and O–H groups in total. The van der Waals surface area contributed by atoms with Crippen LogP contribution in [0.15, 0.2) is 40.1 Å². The molecule has 0 fully saturated rings. The van der Waals surface area contributed by atoms with Gasteiger partial charge in [-0.1, -0.05) is 6.07 Å². The van der Waals surface area contributed by atoms with Crippen molar-refractivity contribution in [1.29, 1.82) is 0 Å². The second-order valence-corrected chi connectivity index (χ2v) is 6.60. The molecule has 0 saturated carbocycles. The number of nitrogen functional groups attached to an aromatic ring is 1. The summed E-state index contributed by atoms with van der Waals surface area (Å²) in [6.07, 6.45) is 0. The summed E-state index contributed by atoms with van der Waals surface area (Å²) in [5, 5.41) is 0.607. The van der Waals surface area contributed by atoms with Crippen LogP contribution in [0, 0.1) is 0 Å². The fourth-order valence-electron chi connectivity index (χ4n) is 1.65. The second-order valence-electron chi connectivity index (χ2n) is 3.83. The molecule has 20 heavy (non-hydrogen) atoms. The quantitative estimate of drug-likeness (QED) is 0.352. The van der Waals surface area contributed by atoms with Crippen LogP contribution in [0.1, 0.15) is 0 Å². The van der Waals surface area contributed by atoms with Crippen LogP contribution in [-0.2, 0) is 20.2 Å². The molecule has 2 rings (SSSR count). The maximum atomic E-state index is 11.0. The Bertz CT molecular complexity index is 876. The van der Waals surface area contributed by atoms with E-state index in [0.29, 0.717) is 5.39 Å². The Kier molecular flexibility index (Phi) is 5.39. The molecule has 0 amide bonds. The number of rotatable bonds is 2. The predicted octanol–water partition coefficient (Wildman–Crippen LogP) is -2.42. The van der Waals surface area contributed by atoms with Crippen molar-refractivity contribution in [1.82, 2.24) is 0 Å². The SMILES string of the molecule is Nc1cc2ccc(S(=O)(=O)O)cc2cc1S(=O)(=O)[O-].[K+]. The van der Waals surface area contributed by atoms with E-state index in [-0.39, 0.29) is 62.5 Å². The van der Waals surface area contributed by atoms with Crippen molar-refractivity contribution in [2.75, 3.05) is 5.73 Å². The molecule has 0 saturated heterocycles. The molecule has 2 aromatic rings. The minimum atomic E-state index is -4.76. The number of hydrogen-bond acceptors (Lipinski definition) is 6. The first-order valence-electron chi connectivity index (χ1n) is 4.86. The van der Waals surface area contributed by atoms with Gasteiger partial charge in [0.25, 0.3) is 10.1 Å². The molecule has 0 unspecified atom stereocenters. The maximum absolute atomic E-state index is 11.0. The van der Waals surface area contributed by atoms with Crippen molar-refractivity contribution in [3.63, 3.8) is 0 Å². The minimum absolute atomic E-state index is 0. The topological polar surface area (TPSA) is 138 Å². The normalized spacial score (nSPS) is 12.1. The zero-order chi connectivity index (χ0) is 14.4. The van der Waals surface area contributed by atoms with Crippen LogP contribution >= 0.6 is 0 Å². The van der Waals surface area contributed by atoms with Crippen molar-refractivity contribution < 1.29 is 77.3 Å². The molecule has 0 heterocycles. The molecule has 10 heteroatoms. The number of hydrogen-bond donors (Lipinski definition) is 2. The van der Waals surface area contributed by atoms with Gasteiger partial charge in [-0.05, 0) is 35.0 Å². The molecule has 0 radical (unpaired) electrons. The number of anilines is 1. The van der Waals surface area contributed by atoms with Gasteiger partial charge in [-0.25, -0.2) is 8.42 Å². The van der Waals surface area contributed by atoms with Crippen LogP contribution in [-0.4, -0.2) is 25.9 Å². The van der Waals surface area contributed by atoms with E-state index >= 15 is 0 Å². The third kappa shape index (κ3) is 3.78. The number of nitrogens with two attached hydrogens (primary N) is 1. The Morgan fingerprint density at radius 2 is 1.60 bits per heavy atom. The molecule has 0 aliphatic heterocycles. The van der Waals surface area contributed by atoms with Crippen molar-refractivity contribution >= 4 is 36.7 Å². The predicted molar refractivity (Wildman–Crippen MR) is 66.1 cm³/mol. The van der Waals surface area contributed by atoms with Crippen LogP contribution in [0.4, 0.5) is 5.69 Å². The number of benzene rings is 2. The van der Waals surface area contributed by atoms with Crippen LogP contribution in [0.25, 0.3) is 10.8 Å². The van der Waals surface area contributed by atoms with Gasteiger partial charge in [0.1, 0.15) is 10.1 Å². The molecule has 0 bridgehead atoms. The smallest absolute Gasteiger partial charge is 0.744 e. The maximum Gasteiger partial charge on any atom is 1.00 e.